The van der Waals surface area contributed by atoms with Gasteiger partial charge < -0.3 is 10.1 Å². The largest absolute Gasteiger partial charge is 0.379 e. The van der Waals surface area contributed by atoms with E-state index >= 15 is 0 Å². The molecule has 1 aliphatic heterocycles. The Morgan fingerprint density at radius 2 is 1.86 bits per heavy atom. The van der Waals surface area contributed by atoms with Crippen LogP contribution in [0.15, 0.2) is 45.5 Å². The molecule has 8 nitrogen and oxygen atoms in total. The lowest BCUT2D eigenvalue weighted by molar-refractivity contribution is 0.0731. The summed E-state index contributed by atoms with van der Waals surface area (Å²) in [4.78, 5) is 13.1. The van der Waals surface area contributed by atoms with Crippen LogP contribution in [0.25, 0.3) is 0 Å². The Hall–Kier alpha value is -1.79. The molecule has 0 spiro atoms. The maximum absolute atomic E-state index is 12.6. The van der Waals surface area contributed by atoms with Gasteiger partial charge in [-0.2, -0.15) is 4.31 Å². The Labute approximate surface area is 168 Å². The van der Waals surface area contributed by atoms with E-state index in [1.54, 1.807) is 6.07 Å². The molecule has 2 heterocycles. The highest BCUT2D eigenvalue weighted by Crippen LogP contribution is 2.25. The van der Waals surface area contributed by atoms with Gasteiger partial charge in [0.05, 0.1) is 24.7 Å². The molecule has 1 aromatic carbocycles. The third-order valence-electron chi connectivity index (χ3n) is 4.15. The minimum atomic E-state index is -3.56. The van der Waals surface area contributed by atoms with E-state index in [-0.39, 0.29) is 21.2 Å². The van der Waals surface area contributed by atoms with E-state index in [0.29, 0.717) is 31.2 Å². The molecule has 0 atom stereocenters. The first-order valence-corrected chi connectivity index (χ1v) is 12.6. The minimum absolute atomic E-state index is 0.0650. The highest BCUT2D eigenvalue weighted by Gasteiger charge is 2.27. The molecule has 0 saturated carbocycles. The molecule has 1 saturated heterocycles. The van der Waals surface area contributed by atoms with Crippen LogP contribution < -0.4 is 5.32 Å². The summed E-state index contributed by atoms with van der Waals surface area (Å²) >= 11 is 1.10. The summed E-state index contributed by atoms with van der Waals surface area (Å²) in [5.41, 5.74) is 0.223. The van der Waals surface area contributed by atoms with Crippen molar-refractivity contribution >= 4 is 37.1 Å². The topological polar surface area (TPSA) is 110 Å². The number of sulfonamides is 1. The summed E-state index contributed by atoms with van der Waals surface area (Å²) in [6.45, 7) is 1.54. The zero-order valence-electron chi connectivity index (χ0n) is 15.1. The van der Waals surface area contributed by atoms with Gasteiger partial charge in [-0.25, -0.2) is 16.8 Å². The van der Waals surface area contributed by atoms with Gasteiger partial charge in [0.2, 0.25) is 0 Å². The van der Waals surface area contributed by atoms with Crippen molar-refractivity contribution in [1.29, 1.82) is 0 Å². The summed E-state index contributed by atoms with van der Waals surface area (Å²) < 4.78 is 55.3. The smallest absolute Gasteiger partial charge is 0.252 e. The third kappa shape index (κ3) is 4.78. The van der Waals surface area contributed by atoms with Gasteiger partial charge in [0, 0.05) is 29.8 Å². The van der Waals surface area contributed by atoms with Crippen molar-refractivity contribution in [3.8, 4) is 0 Å². The van der Waals surface area contributed by atoms with Crippen LogP contribution in [0.2, 0.25) is 0 Å². The number of morpholine rings is 1. The summed E-state index contributed by atoms with van der Waals surface area (Å²) in [7, 11) is -6.97. The Morgan fingerprint density at radius 1 is 1.14 bits per heavy atom. The van der Waals surface area contributed by atoms with Crippen LogP contribution in [0, 0.1) is 0 Å². The van der Waals surface area contributed by atoms with Crippen LogP contribution >= 0.6 is 11.3 Å². The molecule has 11 heteroatoms. The number of hydrogen-bond acceptors (Lipinski definition) is 7. The molecular weight excluding hydrogens is 424 g/mol. The van der Waals surface area contributed by atoms with Gasteiger partial charge in [-0.3, -0.25) is 4.79 Å². The van der Waals surface area contributed by atoms with E-state index in [9.17, 15) is 21.6 Å². The third-order valence-corrected chi connectivity index (χ3v) is 8.71. The molecule has 0 aliphatic carbocycles. The molecule has 152 valence electrons. The zero-order valence-corrected chi connectivity index (χ0v) is 17.6. The van der Waals surface area contributed by atoms with E-state index in [1.807, 2.05) is 0 Å². The zero-order chi connectivity index (χ0) is 20.4. The monoisotopic (exact) mass is 444 g/mol. The average Bonchev–Trinajstić information content (AvgIpc) is 3.16. The number of sulfone groups is 1. The molecule has 1 fully saturated rings. The Balaban J connectivity index is 1.67. The number of amides is 1. The van der Waals surface area contributed by atoms with Crippen LogP contribution in [-0.2, 0) is 31.1 Å². The number of ether oxygens (including phenoxy) is 1. The number of hydrogen-bond donors (Lipinski definition) is 1. The maximum Gasteiger partial charge on any atom is 0.252 e. The highest BCUT2D eigenvalue weighted by atomic mass is 32.2. The van der Waals surface area contributed by atoms with Gasteiger partial charge in [-0.15, -0.1) is 11.3 Å². The Kier molecular flexibility index (Phi) is 6.20. The van der Waals surface area contributed by atoms with Crippen molar-refractivity contribution in [3.63, 3.8) is 0 Å². The minimum Gasteiger partial charge on any atom is -0.379 e. The van der Waals surface area contributed by atoms with Crippen molar-refractivity contribution in [2.75, 3.05) is 32.6 Å². The molecule has 1 aromatic heterocycles. The van der Waals surface area contributed by atoms with E-state index in [1.165, 1.54) is 34.6 Å². The van der Waals surface area contributed by atoms with E-state index < -0.39 is 25.8 Å². The number of carbonyl (C=O) groups is 1. The second-order valence-electron chi connectivity index (χ2n) is 6.22. The predicted octanol–water partition coefficient (Wildman–Crippen LogP) is 1.10. The fourth-order valence-electron chi connectivity index (χ4n) is 2.64. The van der Waals surface area contributed by atoms with Crippen molar-refractivity contribution in [3.05, 3.63) is 46.8 Å². The van der Waals surface area contributed by atoms with Crippen LogP contribution in [0.3, 0.4) is 0 Å². The van der Waals surface area contributed by atoms with Crippen LogP contribution in [0.5, 0.6) is 0 Å². The van der Waals surface area contributed by atoms with Crippen molar-refractivity contribution in [1.82, 2.24) is 9.62 Å². The van der Waals surface area contributed by atoms with Crippen LogP contribution in [0.4, 0.5) is 0 Å². The number of nitrogens with zero attached hydrogens (tertiary/aromatic N) is 1. The first kappa shape index (κ1) is 20.9. The molecule has 2 aromatic rings. The van der Waals surface area contributed by atoms with Gasteiger partial charge in [-0.1, -0.05) is 6.07 Å². The SMILES string of the molecule is CS(=O)(=O)c1cccc(C(=O)NCc2ccc(S(=O)(=O)N3CCOCC3)s2)c1. The molecule has 1 aliphatic rings. The van der Waals surface area contributed by atoms with E-state index in [4.69, 9.17) is 4.74 Å². The highest BCUT2D eigenvalue weighted by molar-refractivity contribution is 7.91. The molecule has 0 bridgehead atoms. The molecule has 1 N–H and O–H groups in total. The maximum atomic E-state index is 12.6. The lowest BCUT2D eigenvalue weighted by atomic mass is 10.2. The number of nitrogens with one attached hydrogen (secondary N) is 1. The summed E-state index contributed by atoms with van der Waals surface area (Å²) in [5.74, 6) is -0.434. The fourth-order valence-corrected chi connectivity index (χ4v) is 6.17. The normalized spacial score (nSPS) is 16.0. The second kappa shape index (κ2) is 8.29. The van der Waals surface area contributed by atoms with Gasteiger partial charge in [0.1, 0.15) is 4.21 Å². The molecule has 1 amide bonds. The Bertz CT molecular complexity index is 1070. The van der Waals surface area contributed by atoms with Crippen molar-refractivity contribution < 1.29 is 26.4 Å². The average molecular weight is 445 g/mol. The quantitative estimate of drug-likeness (QED) is 0.715. The first-order chi connectivity index (χ1) is 13.2. The predicted molar refractivity (Wildman–Crippen MR) is 105 cm³/mol. The Morgan fingerprint density at radius 3 is 2.54 bits per heavy atom. The lowest BCUT2D eigenvalue weighted by Crippen LogP contribution is -2.40. The molecule has 0 unspecified atom stereocenters. The van der Waals surface area contributed by atoms with Gasteiger partial charge in [-0.05, 0) is 30.3 Å². The van der Waals surface area contributed by atoms with Crippen LogP contribution in [0.1, 0.15) is 15.2 Å². The molecular formula is C17H20N2O6S3. The molecule has 28 heavy (non-hydrogen) atoms. The molecule has 0 radical (unpaired) electrons. The first-order valence-electron chi connectivity index (χ1n) is 8.43. The number of rotatable bonds is 6. The second-order valence-corrected chi connectivity index (χ2v) is 11.6. The number of benzene rings is 1. The van der Waals surface area contributed by atoms with Gasteiger partial charge >= 0.3 is 0 Å². The van der Waals surface area contributed by atoms with Crippen molar-refractivity contribution in [2.24, 2.45) is 0 Å². The van der Waals surface area contributed by atoms with Gasteiger partial charge in [0.15, 0.2) is 9.84 Å². The summed E-state index contributed by atoms with van der Waals surface area (Å²) in [6.07, 6.45) is 1.08. The summed E-state index contributed by atoms with van der Waals surface area (Å²) in [5, 5.41) is 2.69. The van der Waals surface area contributed by atoms with E-state index in [0.717, 1.165) is 17.6 Å². The van der Waals surface area contributed by atoms with E-state index in [2.05, 4.69) is 5.32 Å². The fraction of sp³-hybridized carbons (Fsp3) is 0.353. The van der Waals surface area contributed by atoms with Gasteiger partial charge in [0.25, 0.3) is 15.9 Å². The lowest BCUT2D eigenvalue weighted by Gasteiger charge is -2.25. The molecule has 3 rings (SSSR count). The number of thiophene rings is 1. The number of carbonyl (C=O) groups excluding carboxylic acids is 1. The van der Waals surface area contributed by atoms with Crippen molar-refractivity contribution in [2.45, 2.75) is 15.6 Å². The standard InChI is InChI=1S/C17H20N2O6S3/c1-27(21,22)15-4-2-3-13(11-15)17(20)18-12-14-5-6-16(26-14)28(23,24)19-7-9-25-10-8-19/h2-6,11H,7-10,12H2,1H3,(H,18,20). The summed E-state index contributed by atoms with van der Waals surface area (Å²) in [6, 6.07) is 8.95. The van der Waals surface area contributed by atoms with Crippen LogP contribution in [-0.4, -0.2) is 59.6 Å².